The van der Waals surface area contributed by atoms with Crippen LogP contribution in [0.3, 0.4) is 0 Å². The molecular weight excluding hydrogens is 278 g/mol. The molecule has 0 aliphatic carbocycles. The molecule has 1 rings (SSSR count). The number of aromatic hydroxyl groups is 1. The fraction of sp³-hybridized carbons (Fsp3) is 0. The van der Waals surface area contributed by atoms with E-state index in [9.17, 15) is 14.7 Å². The molecule has 84 valence electrons. The van der Waals surface area contributed by atoms with Crippen LogP contribution in [0.5, 0.6) is 5.75 Å². The zero-order valence-electron chi connectivity index (χ0n) is 7.98. The molecule has 7 heteroatoms. The highest BCUT2D eigenvalue weighted by Crippen LogP contribution is 2.19. The molecule has 0 unspecified atom stereocenters. The van der Waals surface area contributed by atoms with Crippen molar-refractivity contribution in [3.05, 3.63) is 28.2 Å². The van der Waals surface area contributed by atoms with Gasteiger partial charge in [0, 0.05) is 10.0 Å². The third-order valence-electron chi connectivity index (χ3n) is 1.58. The molecular formula is C9H8BrN3O3. The standard InChI is InChI=1S/C9H8BrN3O3/c10-6-1-2-7(14)5(3-6)4-12-13-9(16)8(11)15/h1-4,14H,(H2,11,15)(H,13,16)/b12-4-. The minimum atomic E-state index is -1.13. The molecule has 6 nitrogen and oxygen atoms in total. The number of carbonyl (C=O) groups excluding carboxylic acids is 2. The van der Waals surface area contributed by atoms with E-state index in [1.54, 1.807) is 12.1 Å². The summed E-state index contributed by atoms with van der Waals surface area (Å²) >= 11 is 3.21. The molecule has 0 heterocycles. The lowest BCUT2D eigenvalue weighted by Crippen LogP contribution is -2.32. The van der Waals surface area contributed by atoms with E-state index in [0.29, 0.717) is 5.56 Å². The minimum absolute atomic E-state index is 0.000254. The van der Waals surface area contributed by atoms with Crippen molar-refractivity contribution in [3.8, 4) is 5.75 Å². The molecule has 0 saturated heterocycles. The van der Waals surface area contributed by atoms with Crippen LogP contribution in [0.25, 0.3) is 0 Å². The predicted molar refractivity (Wildman–Crippen MR) is 60.7 cm³/mol. The van der Waals surface area contributed by atoms with Crippen LogP contribution >= 0.6 is 15.9 Å². The number of hydrogen-bond donors (Lipinski definition) is 3. The number of benzene rings is 1. The number of carbonyl (C=O) groups is 2. The minimum Gasteiger partial charge on any atom is -0.507 e. The largest absolute Gasteiger partial charge is 0.507 e. The average molecular weight is 286 g/mol. The molecule has 4 N–H and O–H groups in total. The zero-order valence-corrected chi connectivity index (χ0v) is 9.56. The second kappa shape index (κ2) is 5.26. The van der Waals surface area contributed by atoms with Crippen molar-refractivity contribution < 1.29 is 14.7 Å². The van der Waals surface area contributed by atoms with Gasteiger partial charge in [0.1, 0.15) is 5.75 Å². The Balaban J connectivity index is 2.73. The van der Waals surface area contributed by atoms with E-state index in [1.165, 1.54) is 12.3 Å². The van der Waals surface area contributed by atoms with E-state index < -0.39 is 11.8 Å². The molecule has 16 heavy (non-hydrogen) atoms. The fourth-order valence-electron chi connectivity index (χ4n) is 0.844. The highest BCUT2D eigenvalue weighted by atomic mass is 79.9. The maximum atomic E-state index is 10.7. The number of phenolic OH excluding ortho intramolecular Hbond substituents is 1. The van der Waals surface area contributed by atoms with E-state index in [-0.39, 0.29) is 5.75 Å². The van der Waals surface area contributed by atoms with Gasteiger partial charge in [-0.1, -0.05) is 15.9 Å². The van der Waals surface area contributed by atoms with Gasteiger partial charge in [-0.2, -0.15) is 5.10 Å². The highest BCUT2D eigenvalue weighted by molar-refractivity contribution is 9.10. The number of hydrazone groups is 1. The predicted octanol–water partition coefficient (Wildman–Crippen LogP) is 0.0901. The van der Waals surface area contributed by atoms with Gasteiger partial charge < -0.3 is 10.8 Å². The van der Waals surface area contributed by atoms with Gasteiger partial charge in [-0.15, -0.1) is 0 Å². The van der Waals surface area contributed by atoms with Crippen LogP contribution in [0.2, 0.25) is 0 Å². The summed E-state index contributed by atoms with van der Waals surface area (Å²) in [4.78, 5) is 21.1. The number of primary amides is 1. The Morgan fingerprint density at radius 3 is 2.81 bits per heavy atom. The van der Waals surface area contributed by atoms with Gasteiger partial charge >= 0.3 is 11.8 Å². The van der Waals surface area contributed by atoms with Gasteiger partial charge in [-0.3, -0.25) is 9.59 Å². The van der Waals surface area contributed by atoms with Gasteiger partial charge in [0.05, 0.1) is 6.21 Å². The molecule has 0 bridgehead atoms. The van der Waals surface area contributed by atoms with Crippen molar-refractivity contribution in [2.75, 3.05) is 0 Å². The Morgan fingerprint density at radius 2 is 2.19 bits per heavy atom. The van der Waals surface area contributed by atoms with E-state index in [4.69, 9.17) is 0 Å². The lowest BCUT2D eigenvalue weighted by Gasteiger charge is -1.99. The molecule has 0 radical (unpaired) electrons. The number of phenols is 1. The number of nitrogens with one attached hydrogen (secondary N) is 1. The molecule has 1 aromatic rings. The second-order valence-electron chi connectivity index (χ2n) is 2.77. The molecule has 0 fully saturated rings. The number of hydrogen-bond acceptors (Lipinski definition) is 4. The first-order valence-electron chi connectivity index (χ1n) is 4.12. The third-order valence-corrected chi connectivity index (χ3v) is 2.08. The Morgan fingerprint density at radius 1 is 1.50 bits per heavy atom. The summed E-state index contributed by atoms with van der Waals surface area (Å²) in [5, 5.41) is 12.9. The van der Waals surface area contributed by atoms with E-state index >= 15 is 0 Å². The van der Waals surface area contributed by atoms with Crippen LogP contribution in [-0.4, -0.2) is 23.1 Å². The fourth-order valence-corrected chi connectivity index (χ4v) is 1.22. The summed E-state index contributed by atoms with van der Waals surface area (Å²) in [7, 11) is 0. The van der Waals surface area contributed by atoms with Crippen molar-refractivity contribution in [2.24, 2.45) is 10.8 Å². The molecule has 0 saturated carbocycles. The van der Waals surface area contributed by atoms with Crippen molar-refractivity contribution >= 4 is 34.0 Å². The monoisotopic (exact) mass is 285 g/mol. The average Bonchev–Trinajstić information content (AvgIpc) is 2.22. The van der Waals surface area contributed by atoms with Gasteiger partial charge in [-0.25, -0.2) is 5.43 Å². The highest BCUT2D eigenvalue weighted by Gasteiger charge is 2.05. The lowest BCUT2D eigenvalue weighted by molar-refractivity contribution is -0.137. The molecule has 0 atom stereocenters. The van der Waals surface area contributed by atoms with E-state index in [0.717, 1.165) is 4.47 Å². The van der Waals surface area contributed by atoms with Crippen LogP contribution in [0.1, 0.15) is 5.56 Å². The topological polar surface area (TPSA) is 105 Å². The SMILES string of the molecule is NC(=O)C(=O)N/N=C\c1cc(Br)ccc1O. The van der Waals surface area contributed by atoms with Crippen LogP contribution < -0.4 is 11.2 Å². The van der Waals surface area contributed by atoms with E-state index in [2.05, 4.69) is 26.8 Å². The van der Waals surface area contributed by atoms with Gasteiger partial charge in [0.25, 0.3) is 0 Å². The Bertz CT molecular complexity index is 459. The van der Waals surface area contributed by atoms with Crippen molar-refractivity contribution in [1.29, 1.82) is 0 Å². The smallest absolute Gasteiger partial charge is 0.329 e. The number of rotatable bonds is 2. The van der Waals surface area contributed by atoms with Crippen molar-refractivity contribution in [2.45, 2.75) is 0 Å². The zero-order chi connectivity index (χ0) is 12.1. The van der Waals surface area contributed by atoms with Crippen LogP contribution in [0, 0.1) is 0 Å². The van der Waals surface area contributed by atoms with E-state index in [1.807, 2.05) is 5.43 Å². The quantitative estimate of drug-likeness (QED) is 0.407. The first-order chi connectivity index (χ1) is 7.50. The maximum absolute atomic E-state index is 10.7. The second-order valence-corrected chi connectivity index (χ2v) is 3.68. The number of nitrogens with zero attached hydrogens (tertiary/aromatic N) is 1. The summed E-state index contributed by atoms with van der Waals surface area (Å²) in [6.45, 7) is 0. The van der Waals surface area contributed by atoms with Gasteiger partial charge in [0.15, 0.2) is 0 Å². The first-order valence-corrected chi connectivity index (χ1v) is 4.91. The van der Waals surface area contributed by atoms with Crippen LogP contribution in [0.4, 0.5) is 0 Å². The van der Waals surface area contributed by atoms with Crippen molar-refractivity contribution in [3.63, 3.8) is 0 Å². The molecule has 0 spiro atoms. The summed E-state index contributed by atoms with van der Waals surface area (Å²) in [5.41, 5.74) is 6.98. The number of halogens is 1. The number of nitrogens with two attached hydrogens (primary N) is 1. The van der Waals surface area contributed by atoms with Crippen LogP contribution in [0.15, 0.2) is 27.8 Å². The Hall–Kier alpha value is -1.89. The molecule has 2 amide bonds. The number of amides is 2. The third kappa shape index (κ3) is 3.35. The summed E-state index contributed by atoms with van der Waals surface area (Å²) in [5.74, 6) is -2.15. The maximum Gasteiger partial charge on any atom is 0.329 e. The van der Waals surface area contributed by atoms with Gasteiger partial charge in [-0.05, 0) is 18.2 Å². The molecule has 1 aromatic carbocycles. The molecule has 0 aliphatic heterocycles. The van der Waals surface area contributed by atoms with Crippen LogP contribution in [-0.2, 0) is 9.59 Å². The van der Waals surface area contributed by atoms with Gasteiger partial charge in [0.2, 0.25) is 0 Å². The summed E-state index contributed by atoms with van der Waals surface area (Å²) in [6, 6.07) is 4.70. The molecule has 0 aromatic heterocycles. The summed E-state index contributed by atoms with van der Waals surface area (Å²) < 4.78 is 0.743. The Labute approximate surface area is 99.3 Å². The summed E-state index contributed by atoms with van der Waals surface area (Å²) in [6.07, 6.45) is 1.20. The molecule has 0 aliphatic rings. The normalized spacial score (nSPS) is 10.3. The first kappa shape index (κ1) is 12.2. The Kier molecular flexibility index (Phi) is 4.01. The lowest BCUT2D eigenvalue weighted by atomic mass is 10.2. The van der Waals surface area contributed by atoms with Crippen molar-refractivity contribution in [1.82, 2.24) is 5.43 Å².